The molecule has 10 heteroatoms. The maximum absolute atomic E-state index is 15.2. The summed E-state index contributed by atoms with van der Waals surface area (Å²) in [6.45, 7) is 1.92. The van der Waals surface area contributed by atoms with Crippen LogP contribution in [0.15, 0.2) is 97.1 Å². The van der Waals surface area contributed by atoms with E-state index in [2.05, 4.69) is 4.74 Å². The fourth-order valence-electron chi connectivity index (χ4n) is 4.73. The molecule has 0 aliphatic rings. The topological polar surface area (TPSA) is 9.23 Å². The number of allylic oxidation sites excluding steroid dienone is 2. The second-order valence-electron chi connectivity index (χ2n) is 9.99. The number of rotatable bonds is 8. The lowest BCUT2D eigenvalue weighted by atomic mass is 9.96. The van der Waals surface area contributed by atoms with Crippen molar-refractivity contribution < 1.29 is 44.3 Å². The van der Waals surface area contributed by atoms with E-state index in [1.807, 2.05) is 43.3 Å². The van der Waals surface area contributed by atoms with Crippen LogP contribution in [0.25, 0.3) is 33.4 Å². The van der Waals surface area contributed by atoms with Crippen molar-refractivity contribution in [1.82, 2.24) is 0 Å². The molecule has 0 unspecified atom stereocenters. The highest BCUT2D eigenvalue weighted by molar-refractivity contribution is 5.74. The van der Waals surface area contributed by atoms with Gasteiger partial charge in [0.15, 0.2) is 17.5 Å². The van der Waals surface area contributed by atoms with Crippen LogP contribution in [0.4, 0.5) is 39.5 Å². The molecule has 1 nitrogen and oxygen atoms in total. The van der Waals surface area contributed by atoms with Crippen molar-refractivity contribution in [3.8, 4) is 39.1 Å². The zero-order chi connectivity index (χ0) is 32.5. The third-order valence-electron chi connectivity index (χ3n) is 6.97. The molecule has 0 saturated heterocycles. The zero-order valence-electron chi connectivity index (χ0n) is 23.3. The predicted molar refractivity (Wildman–Crippen MR) is 152 cm³/mol. The van der Waals surface area contributed by atoms with Gasteiger partial charge in [0.25, 0.3) is 0 Å². The minimum absolute atomic E-state index is 0.0482. The first-order valence-corrected chi connectivity index (χ1v) is 13.4. The predicted octanol–water partition coefficient (Wildman–Crippen LogP) is 10.9. The van der Waals surface area contributed by atoms with Gasteiger partial charge in [-0.1, -0.05) is 60.7 Å². The van der Waals surface area contributed by atoms with Crippen LogP contribution in [0.5, 0.6) is 5.75 Å². The number of benzene rings is 5. The van der Waals surface area contributed by atoms with Gasteiger partial charge >= 0.3 is 6.11 Å². The largest absolute Gasteiger partial charge is 0.432 e. The van der Waals surface area contributed by atoms with Gasteiger partial charge in [-0.25, -0.2) is 30.7 Å². The second kappa shape index (κ2) is 12.6. The van der Waals surface area contributed by atoms with Gasteiger partial charge in [-0.2, -0.15) is 8.78 Å². The Morgan fingerprint density at radius 1 is 0.556 bits per heavy atom. The number of ether oxygens (including phenoxy) is 1. The summed E-state index contributed by atoms with van der Waals surface area (Å²) in [7, 11) is 0. The number of hydrogen-bond acceptors (Lipinski definition) is 1. The van der Waals surface area contributed by atoms with Crippen molar-refractivity contribution in [1.29, 1.82) is 0 Å². The van der Waals surface area contributed by atoms with Gasteiger partial charge in [0, 0.05) is 23.3 Å². The summed E-state index contributed by atoms with van der Waals surface area (Å²) in [5, 5.41) is 0. The highest BCUT2D eigenvalue weighted by Crippen LogP contribution is 2.39. The molecule has 45 heavy (non-hydrogen) atoms. The Balaban J connectivity index is 1.40. The minimum Gasteiger partial charge on any atom is -0.429 e. The Hall–Kier alpha value is -4.99. The lowest BCUT2D eigenvalue weighted by Crippen LogP contribution is -2.25. The molecule has 0 aliphatic carbocycles. The van der Waals surface area contributed by atoms with E-state index in [1.165, 1.54) is 18.2 Å². The summed E-state index contributed by atoms with van der Waals surface area (Å²) in [6, 6.07) is 16.3. The van der Waals surface area contributed by atoms with Gasteiger partial charge in [-0.15, -0.1) is 0 Å². The molecular formula is C35H21F9O. The number of hydrogen-bond donors (Lipinski definition) is 0. The average molecular weight is 629 g/mol. The summed E-state index contributed by atoms with van der Waals surface area (Å²) in [6.07, 6.45) is -0.0897. The zero-order valence-corrected chi connectivity index (χ0v) is 23.3. The van der Waals surface area contributed by atoms with Crippen molar-refractivity contribution in [2.45, 2.75) is 19.5 Å². The van der Waals surface area contributed by atoms with E-state index in [9.17, 15) is 30.7 Å². The van der Waals surface area contributed by atoms with Gasteiger partial charge in [0.2, 0.25) is 0 Å². The second-order valence-corrected chi connectivity index (χ2v) is 9.99. The molecule has 0 fully saturated rings. The fourth-order valence-corrected chi connectivity index (χ4v) is 4.73. The Bertz CT molecular complexity index is 1870. The quantitative estimate of drug-likeness (QED) is 0.0944. The fraction of sp³-hybridized carbons (Fsp3) is 0.0857. The van der Waals surface area contributed by atoms with E-state index >= 15 is 8.78 Å². The smallest absolute Gasteiger partial charge is 0.429 e. The molecule has 0 aromatic heterocycles. The number of halogens is 9. The molecule has 0 spiro atoms. The van der Waals surface area contributed by atoms with Crippen LogP contribution < -0.4 is 4.74 Å². The van der Waals surface area contributed by atoms with Gasteiger partial charge in [-0.05, 0) is 65.4 Å². The van der Waals surface area contributed by atoms with Crippen molar-refractivity contribution in [3.63, 3.8) is 0 Å². The molecule has 0 amide bonds. The van der Waals surface area contributed by atoms with E-state index in [0.29, 0.717) is 17.7 Å². The molecule has 0 aliphatic heterocycles. The summed E-state index contributed by atoms with van der Waals surface area (Å²) in [4.78, 5) is 0. The first-order chi connectivity index (χ1) is 21.4. The van der Waals surface area contributed by atoms with Crippen molar-refractivity contribution in [2.24, 2.45) is 0 Å². The van der Waals surface area contributed by atoms with Crippen LogP contribution in [0.2, 0.25) is 0 Å². The van der Waals surface area contributed by atoms with Crippen molar-refractivity contribution in [3.05, 3.63) is 149 Å². The normalized spacial score (nSPS) is 11.8. The molecule has 0 saturated carbocycles. The van der Waals surface area contributed by atoms with E-state index in [0.717, 1.165) is 29.7 Å². The minimum atomic E-state index is -4.80. The lowest BCUT2D eigenvalue weighted by molar-refractivity contribution is -0.189. The van der Waals surface area contributed by atoms with Crippen LogP contribution in [0, 0.1) is 40.7 Å². The summed E-state index contributed by atoms with van der Waals surface area (Å²) >= 11 is 0. The highest BCUT2D eigenvalue weighted by Gasteiger charge is 2.41. The van der Waals surface area contributed by atoms with Crippen LogP contribution in [0.1, 0.15) is 18.1 Å². The van der Waals surface area contributed by atoms with E-state index < -0.39 is 63.7 Å². The molecule has 0 atom stereocenters. The first-order valence-electron chi connectivity index (χ1n) is 13.4. The molecular weight excluding hydrogens is 607 g/mol. The van der Waals surface area contributed by atoms with Crippen molar-refractivity contribution in [2.75, 3.05) is 0 Å². The van der Waals surface area contributed by atoms with Gasteiger partial charge in [0.1, 0.15) is 34.6 Å². The Labute approximate surface area is 251 Å². The number of alkyl halides is 2. The van der Waals surface area contributed by atoms with Crippen molar-refractivity contribution >= 4 is 0 Å². The summed E-state index contributed by atoms with van der Waals surface area (Å²) in [5.74, 6) is -12.3. The molecule has 5 aromatic rings. The van der Waals surface area contributed by atoms with Crippen LogP contribution in [-0.2, 0) is 12.5 Å². The summed E-state index contributed by atoms with van der Waals surface area (Å²) < 4.78 is 133. The lowest BCUT2D eigenvalue weighted by Gasteiger charge is -2.20. The molecule has 5 aromatic carbocycles. The van der Waals surface area contributed by atoms with Gasteiger partial charge in [-0.3, -0.25) is 0 Å². The first kappa shape index (κ1) is 31.4. The molecule has 0 bridgehead atoms. The maximum atomic E-state index is 15.2. The Morgan fingerprint density at radius 2 is 1.04 bits per heavy atom. The van der Waals surface area contributed by atoms with Crippen LogP contribution in [-0.4, -0.2) is 0 Å². The third-order valence-corrected chi connectivity index (χ3v) is 6.97. The average Bonchev–Trinajstić information content (AvgIpc) is 2.98. The van der Waals surface area contributed by atoms with Gasteiger partial charge in [0.05, 0.1) is 0 Å². The molecule has 0 heterocycles. The van der Waals surface area contributed by atoms with E-state index in [-0.39, 0.29) is 28.8 Å². The molecule has 230 valence electrons. The standard InChI is InChI=1S/C35H21F9O/c1-2-3-4-19-5-7-20(8-6-19)21-9-11-25(27(36)13-21)22-10-12-26(28(37)14-22)23-15-29(38)33(30(39)16-23)35(43,44)45-24-17-31(40)34(42)32(41)18-24/h2-3,5-18H,4H2,1H3/b3-2-. The molecule has 0 N–H and O–H groups in total. The van der Waals surface area contributed by atoms with Crippen LogP contribution >= 0.6 is 0 Å². The van der Waals surface area contributed by atoms with Gasteiger partial charge < -0.3 is 4.74 Å². The monoisotopic (exact) mass is 628 g/mol. The Morgan fingerprint density at radius 3 is 1.60 bits per heavy atom. The molecule has 5 rings (SSSR count). The summed E-state index contributed by atoms with van der Waals surface area (Å²) in [5.41, 5.74) is -0.182. The van der Waals surface area contributed by atoms with E-state index in [4.69, 9.17) is 0 Å². The molecule has 0 radical (unpaired) electrons. The maximum Gasteiger partial charge on any atom is 0.432 e. The SMILES string of the molecule is C/C=C\Cc1ccc(-c2ccc(-c3ccc(-c4cc(F)c(C(F)(F)Oc5cc(F)c(F)c(F)c5)c(F)c4)c(F)c3)c(F)c2)cc1. The van der Waals surface area contributed by atoms with E-state index in [1.54, 1.807) is 6.07 Å². The third kappa shape index (κ3) is 6.60. The highest BCUT2D eigenvalue weighted by atomic mass is 19.3. The Kier molecular flexibility index (Phi) is 8.77. The van der Waals surface area contributed by atoms with Crippen LogP contribution in [0.3, 0.4) is 0 Å².